The first-order chi connectivity index (χ1) is 10.6. The van der Waals surface area contributed by atoms with Gasteiger partial charge in [0, 0.05) is 5.56 Å². The van der Waals surface area contributed by atoms with E-state index < -0.39 is 11.6 Å². The Kier molecular flexibility index (Phi) is 5.88. The van der Waals surface area contributed by atoms with Crippen LogP contribution in [-0.2, 0) is 4.79 Å². The lowest BCUT2D eigenvalue weighted by Crippen LogP contribution is -2.19. The Morgan fingerprint density at radius 3 is 2.73 bits per heavy atom. The quantitative estimate of drug-likeness (QED) is 0.496. The van der Waals surface area contributed by atoms with Gasteiger partial charge in [0.2, 0.25) is 5.91 Å². The van der Waals surface area contributed by atoms with Gasteiger partial charge in [0.05, 0.1) is 18.6 Å². The van der Waals surface area contributed by atoms with Crippen LogP contribution in [0.4, 0.5) is 8.78 Å². The van der Waals surface area contributed by atoms with Crippen LogP contribution in [0.5, 0.6) is 5.75 Å². The Bertz CT molecular complexity index is 597. The summed E-state index contributed by atoms with van der Waals surface area (Å²) in [6.45, 7) is 2.23. The molecule has 1 N–H and O–H groups in total. The van der Waals surface area contributed by atoms with Crippen LogP contribution in [0.2, 0.25) is 0 Å². The van der Waals surface area contributed by atoms with Gasteiger partial charge in [-0.2, -0.15) is 5.10 Å². The monoisotopic (exact) mass is 327 g/mol. The van der Waals surface area contributed by atoms with E-state index in [1.165, 1.54) is 18.0 Å². The summed E-state index contributed by atoms with van der Waals surface area (Å²) in [6, 6.07) is 2.24. The lowest BCUT2D eigenvalue weighted by Gasteiger charge is -2.08. The molecule has 1 aliphatic rings. The van der Waals surface area contributed by atoms with Crippen molar-refractivity contribution in [3.8, 4) is 5.75 Å². The minimum absolute atomic E-state index is 0.149. The number of hydrogen-bond donors (Lipinski definition) is 1. The Balaban J connectivity index is 2.04. The van der Waals surface area contributed by atoms with Gasteiger partial charge < -0.3 is 10.1 Å². The summed E-state index contributed by atoms with van der Waals surface area (Å²) in [7, 11) is 0. The summed E-state index contributed by atoms with van der Waals surface area (Å²) in [4.78, 5) is 10.9. The van der Waals surface area contributed by atoms with Crippen LogP contribution < -0.4 is 10.1 Å². The third kappa shape index (κ3) is 4.52. The smallest absolute Gasteiger partial charge is 0.236 e. The lowest BCUT2D eigenvalue weighted by atomic mass is 10.2. The molecule has 8 heteroatoms. The van der Waals surface area contributed by atoms with Crippen molar-refractivity contribution in [2.45, 2.75) is 19.8 Å². The number of hydrogen-bond acceptors (Lipinski definition) is 5. The van der Waals surface area contributed by atoms with Crippen molar-refractivity contribution in [1.29, 1.82) is 0 Å². The van der Waals surface area contributed by atoms with E-state index in [0.717, 1.165) is 25.0 Å². The van der Waals surface area contributed by atoms with Crippen molar-refractivity contribution in [3.05, 3.63) is 29.3 Å². The second-order valence-corrected chi connectivity index (χ2v) is 5.47. The molecule has 0 radical (unpaired) electrons. The molecule has 118 valence electrons. The number of rotatable bonds is 6. The molecule has 0 spiro atoms. The van der Waals surface area contributed by atoms with Gasteiger partial charge in [0.1, 0.15) is 0 Å². The number of halogens is 2. The lowest BCUT2D eigenvalue weighted by molar-refractivity contribution is -0.116. The Morgan fingerprint density at radius 2 is 2.14 bits per heavy atom. The Hall–Kier alpha value is -1.96. The van der Waals surface area contributed by atoms with E-state index in [2.05, 4.69) is 15.5 Å². The zero-order valence-corrected chi connectivity index (χ0v) is 12.8. The molecule has 0 unspecified atom stereocenters. The molecular weight excluding hydrogens is 312 g/mol. The number of ether oxygens (including phenoxy) is 1. The van der Waals surface area contributed by atoms with E-state index in [1.807, 2.05) is 6.92 Å². The van der Waals surface area contributed by atoms with Gasteiger partial charge in [0.25, 0.3) is 0 Å². The molecule has 1 fully saturated rings. The van der Waals surface area contributed by atoms with Crippen molar-refractivity contribution in [2.24, 2.45) is 10.2 Å². The number of carbonyl (C=O) groups is 1. The van der Waals surface area contributed by atoms with E-state index in [4.69, 9.17) is 4.74 Å². The van der Waals surface area contributed by atoms with Crippen molar-refractivity contribution >= 4 is 29.1 Å². The number of unbranched alkanes of at least 4 members (excludes halogenated alkanes) is 1. The van der Waals surface area contributed by atoms with Gasteiger partial charge in [-0.3, -0.25) is 4.79 Å². The highest BCUT2D eigenvalue weighted by atomic mass is 32.2. The average Bonchev–Trinajstić information content (AvgIpc) is 2.87. The van der Waals surface area contributed by atoms with Crippen LogP contribution >= 0.6 is 11.8 Å². The predicted molar refractivity (Wildman–Crippen MR) is 82.4 cm³/mol. The molecule has 1 aliphatic heterocycles. The van der Waals surface area contributed by atoms with Crippen molar-refractivity contribution < 1.29 is 18.3 Å². The van der Waals surface area contributed by atoms with E-state index in [-0.39, 0.29) is 23.8 Å². The van der Waals surface area contributed by atoms with Crippen molar-refractivity contribution in [2.75, 3.05) is 12.4 Å². The summed E-state index contributed by atoms with van der Waals surface area (Å²) in [5.41, 5.74) is 0.219. The average molecular weight is 327 g/mol. The maximum atomic E-state index is 13.8. The van der Waals surface area contributed by atoms with Gasteiger partial charge in [-0.25, -0.2) is 8.78 Å². The standard InChI is InChI=1S/C14H15F2N3O2S/c1-2-3-4-21-13-10(15)5-9(6-11(13)16)7-17-19-14-18-12(20)8-22-14/h5-7H,2-4,8H2,1H3,(H,18,19,20). The maximum Gasteiger partial charge on any atom is 0.236 e. The van der Waals surface area contributed by atoms with Crippen LogP contribution in [-0.4, -0.2) is 29.6 Å². The molecule has 1 saturated heterocycles. The Morgan fingerprint density at radius 1 is 1.41 bits per heavy atom. The predicted octanol–water partition coefficient (Wildman–Crippen LogP) is 2.70. The molecule has 1 amide bonds. The summed E-state index contributed by atoms with van der Waals surface area (Å²) in [5.74, 6) is -1.80. The number of amidine groups is 1. The molecule has 0 saturated carbocycles. The highest BCUT2D eigenvalue weighted by Gasteiger charge is 2.16. The number of nitrogens with zero attached hydrogens (tertiary/aromatic N) is 2. The molecule has 0 aromatic heterocycles. The summed E-state index contributed by atoms with van der Waals surface area (Å²) in [6.07, 6.45) is 2.81. The summed E-state index contributed by atoms with van der Waals surface area (Å²) in [5, 5.41) is 10.3. The topological polar surface area (TPSA) is 63.1 Å². The van der Waals surface area contributed by atoms with E-state index >= 15 is 0 Å². The Labute approximate surface area is 130 Å². The van der Waals surface area contributed by atoms with Gasteiger partial charge in [-0.05, 0) is 18.6 Å². The van der Waals surface area contributed by atoms with Crippen LogP contribution in [0.3, 0.4) is 0 Å². The fourth-order valence-electron chi connectivity index (χ4n) is 1.64. The number of nitrogens with one attached hydrogen (secondary N) is 1. The van der Waals surface area contributed by atoms with Gasteiger partial charge in [-0.15, -0.1) is 5.10 Å². The van der Waals surface area contributed by atoms with E-state index in [1.54, 1.807) is 0 Å². The van der Waals surface area contributed by atoms with E-state index in [0.29, 0.717) is 10.9 Å². The molecule has 2 rings (SSSR count). The largest absolute Gasteiger partial charge is 0.488 e. The maximum absolute atomic E-state index is 13.8. The minimum atomic E-state index is -0.784. The first kappa shape index (κ1) is 16.4. The van der Waals surface area contributed by atoms with Crippen molar-refractivity contribution in [1.82, 2.24) is 5.32 Å². The van der Waals surface area contributed by atoms with Crippen LogP contribution in [0.25, 0.3) is 0 Å². The second-order valence-electron chi connectivity index (χ2n) is 4.50. The van der Waals surface area contributed by atoms with Crippen LogP contribution in [0, 0.1) is 11.6 Å². The number of carbonyl (C=O) groups excluding carboxylic acids is 1. The third-order valence-corrected chi connectivity index (χ3v) is 3.57. The summed E-state index contributed by atoms with van der Waals surface area (Å²) < 4.78 is 32.7. The highest BCUT2D eigenvalue weighted by Crippen LogP contribution is 2.23. The zero-order valence-electron chi connectivity index (χ0n) is 11.9. The van der Waals surface area contributed by atoms with Crippen LogP contribution in [0.15, 0.2) is 22.3 Å². The number of amides is 1. The number of thioether (sulfide) groups is 1. The van der Waals surface area contributed by atoms with Gasteiger partial charge in [0.15, 0.2) is 22.6 Å². The van der Waals surface area contributed by atoms with Gasteiger partial charge in [-0.1, -0.05) is 25.1 Å². The molecule has 1 aromatic rings. The number of benzene rings is 1. The SMILES string of the molecule is CCCCOc1c(F)cc(C=NN=C2NC(=O)CS2)cc1F. The molecule has 5 nitrogen and oxygen atoms in total. The molecule has 22 heavy (non-hydrogen) atoms. The molecule has 1 heterocycles. The normalized spacial score (nSPS) is 16.5. The fourth-order valence-corrected chi connectivity index (χ4v) is 2.27. The first-order valence-electron chi connectivity index (χ1n) is 6.75. The third-order valence-electron chi connectivity index (χ3n) is 2.71. The molecule has 1 aromatic carbocycles. The fraction of sp³-hybridized carbons (Fsp3) is 0.357. The zero-order chi connectivity index (χ0) is 15.9. The molecule has 0 atom stereocenters. The first-order valence-corrected chi connectivity index (χ1v) is 7.74. The van der Waals surface area contributed by atoms with Crippen molar-refractivity contribution in [3.63, 3.8) is 0 Å². The molecular formula is C14H15F2N3O2S. The highest BCUT2D eigenvalue weighted by molar-refractivity contribution is 8.15. The minimum Gasteiger partial charge on any atom is -0.488 e. The molecule has 0 bridgehead atoms. The summed E-state index contributed by atoms with van der Waals surface area (Å²) >= 11 is 1.21. The van der Waals surface area contributed by atoms with Gasteiger partial charge >= 0.3 is 0 Å². The van der Waals surface area contributed by atoms with E-state index in [9.17, 15) is 13.6 Å². The second kappa shape index (κ2) is 7.88. The molecule has 0 aliphatic carbocycles. The van der Waals surface area contributed by atoms with Crippen LogP contribution in [0.1, 0.15) is 25.3 Å².